The number of hydrogen-bond acceptors (Lipinski definition) is 1. The van der Waals surface area contributed by atoms with Crippen LogP contribution in [0.3, 0.4) is 0 Å². The molecule has 14 heavy (non-hydrogen) atoms. The molecule has 0 aliphatic carbocycles. The van der Waals surface area contributed by atoms with Gasteiger partial charge in [0.25, 0.3) is 0 Å². The molecule has 0 aromatic heterocycles. The minimum Gasteiger partial charge on any atom is -0.372 e. The zero-order valence-electron chi connectivity index (χ0n) is 9.59. The maximum atomic E-state index is 2.46. The third kappa shape index (κ3) is 2.28. The first-order chi connectivity index (χ1) is 6.92. The molecule has 0 unspecified atom stereocenters. The first kappa shape index (κ1) is 11.1. The Kier molecular flexibility index (Phi) is 4.51. The van der Waals surface area contributed by atoms with Crippen molar-refractivity contribution >= 4 is 5.69 Å². The first-order valence-electron chi connectivity index (χ1n) is 5.74. The Morgan fingerprint density at radius 2 is 1.93 bits per heavy atom. The number of aryl methyl sites for hydroxylation is 1. The molecule has 1 nitrogen and oxygen atoms in total. The summed E-state index contributed by atoms with van der Waals surface area (Å²) in [7, 11) is 0. The summed E-state index contributed by atoms with van der Waals surface area (Å²) in [6, 6.07) is 8.75. The van der Waals surface area contributed by atoms with E-state index in [1.165, 1.54) is 30.6 Å². The zero-order valence-corrected chi connectivity index (χ0v) is 9.59. The van der Waals surface area contributed by atoms with Crippen LogP contribution in [0.25, 0.3) is 0 Å². The second kappa shape index (κ2) is 5.69. The summed E-state index contributed by atoms with van der Waals surface area (Å²) in [4.78, 5) is 2.46. The Bertz CT molecular complexity index is 268. The molecular formula is C13H21N. The highest BCUT2D eigenvalue weighted by molar-refractivity contribution is 5.55. The molecule has 0 saturated heterocycles. The molecular weight excluding hydrogens is 170 g/mol. The first-order valence-corrected chi connectivity index (χ1v) is 5.74. The largest absolute Gasteiger partial charge is 0.372 e. The Balaban J connectivity index is 0.000000461. The molecule has 2 rings (SSSR count). The fourth-order valence-corrected chi connectivity index (χ4v) is 1.94. The zero-order chi connectivity index (χ0) is 10.4. The van der Waals surface area contributed by atoms with Crippen LogP contribution in [-0.4, -0.2) is 13.1 Å². The molecule has 0 N–H and O–H groups in total. The van der Waals surface area contributed by atoms with Crippen molar-refractivity contribution in [3.8, 4) is 0 Å². The van der Waals surface area contributed by atoms with Gasteiger partial charge in [0, 0.05) is 18.8 Å². The van der Waals surface area contributed by atoms with Crippen molar-refractivity contribution in [1.82, 2.24) is 0 Å². The predicted molar refractivity (Wildman–Crippen MR) is 64.0 cm³/mol. The van der Waals surface area contributed by atoms with E-state index >= 15 is 0 Å². The second-order valence-corrected chi connectivity index (χ2v) is 3.31. The van der Waals surface area contributed by atoms with Crippen LogP contribution in [0.2, 0.25) is 0 Å². The standard InChI is InChI=1S/C11H15N.C2H6/c1-2-12-9-5-7-10-6-3-4-8-11(10)12;1-2/h3-4,6,8H,2,5,7,9H2,1H3;1-2H3. The lowest BCUT2D eigenvalue weighted by Gasteiger charge is -2.29. The normalized spacial score (nSPS) is 14.1. The van der Waals surface area contributed by atoms with Crippen LogP contribution in [0.5, 0.6) is 0 Å². The third-order valence-electron chi connectivity index (χ3n) is 2.59. The minimum atomic E-state index is 1.14. The van der Waals surface area contributed by atoms with Gasteiger partial charge in [-0.1, -0.05) is 32.0 Å². The summed E-state index contributed by atoms with van der Waals surface area (Å²) in [6.07, 6.45) is 2.57. The van der Waals surface area contributed by atoms with Gasteiger partial charge in [0.1, 0.15) is 0 Å². The Hall–Kier alpha value is -0.980. The monoisotopic (exact) mass is 191 g/mol. The summed E-state index contributed by atoms with van der Waals surface area (Å²) in [5, 5.41) is 0. The van der Waals surface area contributed by atoms with Crippen LogP contribution >= 0.6 is 0 Å². The second-order valence-electron chi connectivity index (χ2n) is 3.31. The van der Waals surface area contributed by atoms with Crippen molar-refractivity contribution in [1.29, 1.82) is 0 Å². The van der Waals surface area contributed by atoms with Gasteiger partial charge in [0.15, 0.2) is 0 Å². The summed E-state index contributed by atoms with van der Waals surface area (Å²) in [6.45, 7) is 8.59. The van der Waals surface area contributed by atoms with Gasteiger partial charge < -0.3 is 4.90 Å². The van der Waals surface area contributed by atoms with Crippen molar-refractivity contribution < 1.29 is 0 Å². The van der Waals surface area contributed by atoms with E-state index in [-0.39, 0.29) is 0 Å². The molecule has 0 spiro atoms. The van der Waals surface area contributed by atoms with Gasteiger partial charge in [-0.15, -0.1) is 0 Å². The Morgan fingerprint density at radius 3 is 2.64 bits per heavy atom. The SMILES string of the molecule is CC.CCN1CCCc2ccccc21. The van der Waals surface area contributed by atoms with Crippen molar-refractivity contribution in [2.45, 2.75) is 33.6 Å². The average Bonchev–Trinajstić information content (AvgIpc) is 2.31. The topological polar surface area (TPSA) is 3.24 Å². The fourth-order valence-electron chi connectivity index (χ4n) is 1.94. The summed E-state index contributed by atoms with van der Waals surface area (Å²) in [5.74, 6) is 0. The number of fused-ring (bicyclic) bond motifs is 1. The van der Waals surface area contributed by atoms with E-state index < -0.39 is 0 Å². The van der Waals surface area contributed by atoms with Crippen LogP contribution in [-0.2, 0) is 6.42 Å². The fraction of sp³-hybridized carbons (Fsp3) is 0.538. The van der Waals surface area contributed by atoms with Gasteiger partial charge in [-0.25, -0.2) is 0 Å². The highest BCUT2D eigenvalue weighted by Gasteiger charge is 2.13. The molecule has 1 aliphatic rings. The van der Waals surface area contributed by atoms with Crippen molar-refractivity contribution in [2.75, 3.05) is 18.0 Å². The van der Waals surface area contributed by atoms with Gasteiger partial charge in [0.2, 0.25) is 0 Å². The van der Waals surface area contributed by atoms with Gasteiger partial charge in [-0.3, -0.25) is 0 Å². The highest BCUT2D eigenvalue weighted by Crippen LogP contribution is 2.25. The number of nitrogens with zero attached hydrogens (tertiary/aromatic N) is 1. The summed E-state index contributed by atoms with van der Waals surface area (Å²) < 4.78 is 0. The third-order valence-corrected chi connectivity index (χ3v) is 2.59. The van der Waals surface area contributed by atoms with Gasteiger partial charge in [0.05, 0.1) is 0 Å². The van der Waals surface area contributed by atoms with Crippen LogP contribution in [0.1, 0.15) is 32.8 Å². The van der Waals surface area contributed by atoms with Gasteiger partial charge in [-0.2, -0.15) is 0 Å². The molecule has 0 fully saturated rings. The molecule has 78 valence electrons. The maximum absolute atomic E-state index is 2.46. The predicted octanol–water partition coefficient (Wildman–Crippen LogP) is 3.49. The van der Waals surface area contributed by atoms with Crippen LogP contribution in [0.4, 0.5) is 5.69 Å². The van der Waals surface area contributed by atoms with Gasteiger partial charge in [-0.05, 0) is 31.4 Å². The molecule has 1 aliphatic heterocycles. The van der Waals surface area contributed by atoms with Crippen molar-refractivity contribution in [3.05, 3.63) is 29.8 Å². The lowest BCUT2D eigenvalue weighted by molar-refractivity contribution is 0.708. The van der Waals surface area contributed by atoms with E-state index in [2.05, 4.69) is 36.1 Å². The molecule has 0 radical (unpaired) electrons. The molecule has 0 bridgehead atoms. The van der Waals surface area contributed by atoms with E-state index in [1.807, 2.05) is 13.8 Å². The lowest BCUT2D eigenvalue weighted by atomic mass is 10.0. The minimum absolute atomic E-state index is 1.14. The Morgan fingerprint density at radius 1 is 1.21 bits per heavy atom. The van der Waals surface area contributed by atoms with Crippen molar-refractivity contribution in [2.24, 2.45) is 0 Å². The van der Waals surface area contributed by atoms with Crippen molar-refractivity contribution in [3.63, 3.8) is 0 Å². The van der Waals surface area contributed by atoms with E-state index in [0.29, 0.717) is 0 Å². The number of hydrogen-bond donors (Lipinski definition) is 0. The molecule has 0 saturated carbocycles. The van der Waals surface area contributed by atoms with E-state index in [4.69, 9.17) is 0 Å². The number of anilines is 1. The molecule has 1 aromatic carbocycles. The highest BCUT2D eigenvalue weighted by atomic mass is 15.1. The van der Waals surface area contributed by atoms with E-state index in [1.54, 1.807) is 0 Å². The summed E-state index contributed by atoms with van der Waals surface area (Å²) >= 11 is 0. The maximum Gasteiger partial charge on any atom is 0.0398 e. The Labute approximate surface area is 87.7 Å². The molecule has 1 heteroatoms. The number of para-hydroxylation sites is 1. The van der Waals surface area contributed by atoms with E-state index in [9.17, 15) is 0 Å². The lowest BCUT2D eigenvalue weighted by Crippen LogP contribution is -2.28. The van der Waals surface area contributed by atoms with Crippen LogP contribution in [0.15, 0.2) is 24.3 Å². The molecule has 1 aromatic rings. The number of rotatable bonds is 1. The summed E-state index contributed by atoms with van der Waals surface area (Å²) in [5.41, 5.74) is 2.97. The quantitative estimate of drug-likeness (QED) is 0.657. The number of benzene rings is 1. The van der Waals surface area contributed by atoms with Crippen LogP contribution in [0, 0.1) is 0 Å². The molecule has 0 amide bonds. The van der Waals surface area contributed by atoms with E-state index in [0.717, 1.165) is 6.54 Å². The molecule has 0 atom stereocenters. The average molecular weight is 191 g/mol. The van der Waals surface area contributed by atoms with Gasteiger partial charge >= 0.3 is 0 Å². The molecule has 1 heterocycles. The van der Waals surface area contributed by atoms with Crippen LogP contribution < -0.4 is 4.90 Å². The smallest absolute Gasteiger partial charge is 0.0398 e.